The number of nitro benzene ring substituents is 1. The van der Waals surface area contributed by atoms with Crippen LogP contribution in [0.25, 0.3) is 0 Å². The molecule has 0 bridgehead atoms. The van der Waals surface area contributed by atoms with Gasteiger partial charge in [-0.15, -0.1) is 0 Å². The van der Waals surface area contributed by atoms with Gasteiger partial charge >= 0.3 is 0 Å². The first-order chi connectivity index (χ1) is 10.0. The van der Waals surface area contributed by atoms with Crippen LogP contribution in [0, 0.1) is 15.9 Å². The summed E-state index contributed by atoms with van der Waals surface area (Å²) < 4.78 is 18.1. The Labute approximate surface area is 119 Å². The van der Waals surface area contributed by atoms with Crippen molar-refractivity contribution in [3.8, 4) is 11.5 Å². The van der Waals surface area contributed by atoms with Gasteiger partial charge in [0.15, 0.2) is 11.5 Å². The molecule has 0 unspecified atom stereocenters. The number of nitro groups is 1. The lowest BCUT2D eigenvalue weighted by atomic mass is 10.2. The molecule has 0 fully saturated rings. The summed E-state index contributed by atoms with van der Waals surface area (Å²) in [6.07, 6.45) is 0. The molecule has 21 heavy (non-hydrogen) atoms. The van der Waals surface area contributed by atoms with E-state index in [0.717, 1.165) is 18.2 Å². The molecule has 0 heterocycles. The molecule has 0 aromatic heterocycles. The van der Waals surface area contributed by atoms with Gasteiger partial charge in [0, 0.05) is 18.7 Å². The van der Waals surface area contributed by atoms with Crippen molar-refractivity contribution < 1.29 is 19.2 Å². The van der Waals surface area contributed by atoms with E-state index in [9.17, 15) is 19.6 Å². The summed E-state index contributed by atoms with van der Waals surface area (Å²) in [6.45, 7) is 0.196. The Hall–Kier alpha value is -2.83. The third-order valence-electron chi connectivity index (χ3n) is 2.88. The molecule has 2 rings (SSSR count). The predicted molar refractivity (Wildman–Crippen MR) is 75.0 cm³/mol. The molecule has 2 aromatic carbocycles. The predicted octanol–water partition coefficient (Wildman–Crippen LogP) is 3.06. The Balaban J connectivity index is 2.18. The second kappa shape index (κ2) is 6.08. The van der Waals surface area contributed by atoms with Crippen LogP contribution in [0.4, 0.5) is 15.8 Å². The van der Waals surface area contributed by atoms with E-state index < -0.39 is 10.7 Å². The Morgan fingerprint density at radius 1 is 1.33 bits per heavy atom. The lowest BCUT2D eigenvalue weighted by Crippen LogP contribution is -2.03. The minimum absolute atomic E-state index is 0.0365. The summed E-state index contributed by atoms with van der Waals surface area (Å²) in [5, 5.41) is 23.3. The van der Waals surface area contributed by atoms with Gasteiger partial charge in [-0.1, -0.05) is 6.07 Å². The van der Waals surface area contributed by atoms with Gasteiger partial charge in [0.05, 0.1) is 12.0 Å². The number of ether oxygens (including phenoxy) is 1. The summed E-state index contributed by atoms with van der Waals surface area (Å²) in [4.78, 5) is 10.3. The van der Waals surface area contributed by atoms with Gasteiger partial charge in [0.25, 0.3) is 5.69 Å². The van der Waals surface area contributed by atoms with Crippen molar-refractivity contribution in [2.45, 2.75) is 6.54 Å². The molecule has 0 spiro atoms. The van der Waals surface area contributed by atoms with Crippen molar-refractivity contribution in [1.29, 1.82) is 0 Å². The van der Waals surface area contributed by atoms with E-state index in [-0.39, 0.29) is 23.7 Å². The largest absolute Gasteiger partial charge is 0.504 e. The van der Waals surface area contributed by atoms with Crippen molar-refractivity contribution in [1.82, 2.24) is 0 Å². The highest BCUT2D eigenvalue weighted by molar-refractivity contribution is 5.61. The maximum Gasteiger partial charge on any atom is 0.292 e. The minimum atomic E-state index is -0.590. The van der Waals surface area contributed by atoms with Crippen LogP contribution in [0.5, 0.6) is 11.5 Å². The number of phenols is 1. The summed E-state index contributed by atoms with van der Waals surface area (Å²) in [6, 6.07) is 7.92. The Morgan fingerprint density at radius 3 is 2.71 bits per heavy atom. The lowest BCUT2D eigenvalue weighted by Gasteiger charge is -2.09. The number of aromatic hydroxyl groups is 1. The number of phenolic OH excluding ortho intramolecular Hbond substituents is 1. The van der Waals surface area contributed by atoms with Crippen LogP contribution < -0.4 is 10.1 Å². The number of hydrogen-bond donors (Lipinski definition) is 2. The molecule has 110 valence electrons. The first-order valence-electron chi connectivity index (χ1n) is 6.05. The number of methoxy groups -OCH3 is 1. The van der Waals surface area contributed by atoms with Crippen LogP contribution >= 0.6 is 0 Å². The van der Waals surface area contributed by atoms with E-state index in [1.54, 1.807) is 12.1 Å². The van der Waals surface area contributed by atoms with Gasteiger partial charge in [-0.25, -0.2) is 4.39 Å². The van der Waals surface area contributed by atoms with Gasteiger partial charge in [-0.05, 0) is 23.8 Å². The number of benzene rings is 2. The van der Waals surface area contributed by atoms with E-state index in [0.29, 0.717) is 11.3 Å². The zero-order valence-electron chi connectivity index (χ0n) is 11.2. The number of nitrogens with zero attached hydrogens (tertiary/aromatic N) is 1. The summed E-state index contributed by atoms with van der Waals surface area (Å²) in [7, 11) is 1.43. The van der Waals surface area contributed by atoms with Crippen LogP contribution in [0.15, 0.2) is 36.4 Å². The third kappa shape index (κ3) is 3.38. The number of nitrogens with one attached hydrogen (secondary N) is 1. The molecule has 0 radical (unpaired) electrons. The van der Waals surface area contributed by atoms with Gasteiger partial charge in [0.1, 0.15) is 11.5 Å². The SMILES string of the molecule is COc1ccc(CNc2cc(F)ccc2[N+](=O)[O-])cc1O. The lowest BCUT2D eigenvalue weighted by molar-refractivity contribution is -0.384. The zero-order chi connectivity index (χ0) is 15.4. The molecule has 2 aromatic rings. The zero-order valence-corrected chi connectivity index (χ0v) is 11.2. The average Bonchev–Trinajstić information content (AvgIpc) is 2.45. The molecular weight excluding hydrogens is 279 g/mol. The summed E-state index contributed by atoms with van der Waals surface area (Å²) >= 11 is 0. The molecule has 0 aliphatic rings. The average molecular weight is 292 g/mol. The summed E-state index contributed by atoms with van der Waals surface area (Å²) in [5.41, 5.74) is 0.538. The van der Waals surface area contributed by atoms with Gasteiger partial charge < -0.3 is 15.2 Å². The third-order valence-corrected chi connectivity index (χ3v) is 2.88. The van der Waals surface area contributed by atoms with Crippen LogP contribution in [-0.2, 0) is 6.54 Å². The topological polar surface area (TPSA) is 84.6 Å². The van der Waals surface area contributed by atoms with Gasteiger partial charge in [-0.2, -0.15) is 0 Å². The molecule has 7 heteroatoms. The van der Waals surface area contributed by atoms with Crippen molar-refractivity contribution in [2.24, 2.45) is 0 Å². The summed E-state index contributed by atoms with van der Waals surface area (Å²) in [5.74, 6) is -0.276. The highest BCUT2D eigenvalue weighted by atomic mass is 19.1. The van der Waals surface area contributed by atoms with E-state index in [1.165, 1.54) is 13.2 Å². The van der Waals surface area contributed by atoms with Crippen molar-refractivity contribution in [3.05, 3.63) is 57.9 Å². The molecule has 2 N–H and O–H groups in total. The van der Waals surface area contributed by atoms with Crippen molar-refractivity contribution in [2.75, 3.05) is 12.4 Å². The van der Waals surface area contributed by atoms with E-state index in [2.05, 4.69) is 5.32 Å². The van der Waals surface area contributed by atoms with Gasteiger partial charge in [0.2, 0.25) is 0 Å². The molecule has 0 saturated heterocycles. The number of halogens is 1. The first-order valence-corrected chi connectivity index (χ1v) is 6.05. The van der Waals surface area contributed by atoms with Crippen molar-refractivity contribution >= 4 is 11.4 Å². The fraction of sp³-hybridized carbons (Fsp3) is 0.143. The van der Waals surface area contributed by atoms with Crippen molar-refractivity contribution in [3.63, 3.8) is 0 Å². The molecule has 0 atom stereocenters. The second-order valence-corrected chi connectivity index (χ2v) is 4.28. The van der Waals surface area contributed by atoms with E-state index in [1.807, 2.05) is 0 Å². The molecule has 0 saturated carbocycles. The normalized spacial score (nSPS) is 10.2. The fourth-order valence-electron chi connectivity index (χ4n) is 1.85. The molecule has 0 amide bonds. The monoisotopic (exact) mass is 292 g/mol. The molecule has 0 aliphatic carbocycles. The molecular formula is C14H13FN2O4. The highest BCUT2D eigenvalue weighted by Gasteiger charge is 2.14. The maximum absolute atomic E-state index is 13.2. The Kier molecular flexibility index (Phi) is 4.22. The number of rotatable bonds is 5. The number of hydrogen-bond acceptors (Lipinski definition) is 5. The maximum atomic E-state index is 13.2. The highest BCUT2D eigenvalue weighted by Crippen LogP contribution is 2.28. The smallest absolute Gasteiger partial charge is 0.292 e. The van der Waals surface area contributed by atoms with Crippen LogP contribution in [-0.4, -0.2) is 17.1 Å². The quantitative estimate of drug-likeness (QED) is 0.653. The van der Waals surface area contributed by atoms with E-state index in [4.69, 9.17) is 4.74 Å². The number of anilines is 1. The van der Waals surface area contributed by atoms with Gasteiger partial charge in [-0.3, -0.25) is 10.1 Å². The Morgan fingerprint density at radius 2 is 2.10 bits per heavy atom. The fourth-order valence-corrected chi connectivity index (χ4v) is 1.85. The van der Waals surface area contributed by atoms with Crippen LogP contribution in [0.3, 0.4) is 0 Å². The van der Waals surface area contributed by atoms with E-state index >= 15 is 0 Å². The molecule has 0 aliphatic heterocycles. The minimum Gasteiger partial charge on any atom is -0.504 e. The van der Waals surface area contributed by atoms with Crippen LogP contribution in [0.2, 0.25) is 0 Å². The Bertz CT molecular complexity index is 676. The second-order valence-electron chi connectivity index (χ2n) is 4.28. The van der Waals surface area contributed by atoms with Crippen LogP contribution in [0.1, 0.15) is 5.56 Å². The molecule has 6 nitrogen and oxygen atoms in total. The first kappa shape index (κ1) is 14.6. The standard InChI is InChI=1S/C14H13FN2O4/c1-21-14-5-2-9(6-13(14)18)8-16-11-7-10(15)3-4-12(11)17(19)20/h2-7,16,18H,8H2,1H3.